The molecule has 0 saturated carbocycles. The Hall–Kier alpha value is -2.94. The lowest BCUT2D eigenvalue weighted by atomic mass is 10.1. The highest BCUT2D eigenvalue weighted by Gasteiger charge is 2.19. The van der Waals surface area contributed by atoms with E-state index in [1.165, 1.54) is 18.2 Å². The van der Waals surface area contributed by atoms with Crippen LogP contribution >= 0.6 is 0 Å². The van der Waals surface area contributed by atoms with Gasteiger partial charge in [0.15, 0.2) is 0 Å². The second-order valence-corrected chi connectivity index (χ2v) is 4.35. The topological polar surface area (TPSA) is 83.2 Å². The van der Waals surface area contributed by atoms with Crippen molar-refractivity contribution in [3.05, 3.63) is 52.6 Å². The lowest BCUT2D eigenvalue weighted by Crippen LogP contribution is -2.04. The summed E-state index contributed by atoms with van der Waals surface area (Å²) in [6.07, 6.45) is 0. The lowest BCUT2D eigenvalue weighted by Gasteiger charge is -2.12. The van der Waals surface area contributed by atoms with Crippen molar-refractivity contribution in [3.8, 4) is 17.6 Å². The molecule has 0 bridgehead atoms. The molecule has 1 heterocycles. The van der Waals surface area contributed by atoms with Crippen molar-refractivity contribution in [1.82, 2.24) is 4.98 Å². The van der Waals surface area contributed by atoms with Crippen LogP contribution in [0.2, 0.25) is 0 Å². The van der Waals surface area contributed by atoms with Crippen LogP contribution in [0.15, 0.2) is 24.3 Å². The third-order valence-electron chi connectivity index (χ3n) is 2.81. The van der Waals surface area contributed by atoms with Gasteiger partial charge in [0, 0.05) is 11.8 Å². The zero-order chi connectivity index (χ0) is 15.6. The number of aromatic carboxylic acids is 1. The molecule has 1 N–H and O–H groups in total. The number of nitrogens with zero attached hydrogens (tertiary/aromatic N) is 2. The van der Waals surface area contributed by atoms with Crippen LogP contribution < -0.4 is 4.74 Å². The maximum absolute atomic E-state index is 13.6. The fraction of sp³-hybridized carbons (Fsp3) is 0.133. The molecule has 0 amide bonds. The highest BCUT2D eigenvalue weighted by molar-refractivity contribution is 5.91. The highest BCUT2D eigenvalue weighted by atomic mass is 19.1. The van der Waals surface area contributed by atoms with Crippen molar-refractivity contribution < 1.29 is 19.0 Å². The van der Waals surface area contributed by atoms with Crippen LogP contribution in [0.4, 0.5) is 4.39 Å². The molecule has 5 nitrogen and oxygen atoms in total. The quantitative estimate of drug-likeness (QED) is 0.936. The van der Waals surface area contributed by atoms with Gasteiger partial charge in [-0.3, -0.25) is 4.98 Å². The van der Waals surface area contributed by atoms with E-state index < -0.39 is 17.3 Å². The normalized spacial score (nSPS) is 10.0. The van der Waals surface area contributed by atoms with E-state index in [2.05, 4.69) is 4.98 Å². The number of benzene rings is 1. The van der Waals surface area contributed by atoms with Crippen LogP contribution in [-0.4, -0.2) is 16.1 Å². The first-order chi connectivity index (χ1) is 9.93. The molecule has 6 heteroatoms. The first kappa shape index (κ1) is 14.5. The molecule has 0 aliphatic rings. The SMILES string of the molecule is Cc1cc(Oc2cccc(F)c2C(=O)O)c(C#N)c(C)n1. The van der Waals surface area contributed by atoms with E-state index in [4.69, 9.17) is 15.1 Å². The van der Waals surface area contributed by atoms with Gasteiger partial charge in [-0.15, -0.1) is 0 Å². The van der Waals surface area contributed by atoms with Gasteiger partial charge < -0.3 is 9.84 Å². The molecule has 21 heavy (non-hydrogen) atoms. The summed E-state index contributed by atoms with van der Waals surface area (Å²) in [5, 5.41) is 18.2. The predicted octanol–water partition coefficient (Wildman–Crippen LogP) is 3.20. The minimum Gasteiger partial charge on any atom is -0.477 e. The maximum Gasteiger partial charge on any atom is 0.342 e. The molecule has 2 aromatic rings. The molecule has 0 aliphatic heterocycles. The van der Waals surface area contributed by atoms with E-state index >= 15 is 0 Å². The number of nitriles is 1. The minimum absolute atomic E-state index is 0.149. The minimum atomic E-state index is -1.44. The number of ether oxygens (including phenoxy) is 1. The fourth-order valence-corrected chi connectivity index (χ4v) is 1.92. The number of rotatable bonds is 3. The summed E-state index contributed by atoms with van der Waals surface area (Å²) in [7, 11) is 0. The molecule has 1 aromatic heterocycles. The van der Waals surface area contributed by atoms with Crippen LogP contribution in [-0.2, 0) is 0 Å². The molecule has 2 rings (SSSR count). The monoisotopic (exact) mass is 286 g/mol. The van der Waals surface area contributed by atoms with Crippen molar-refractivity contribution in [2.45, 2.75) is 13.8 Å². The largest absolute Gasteiger partial charge is 0.477 e. The summed E-state index contributed by atoms with van der Waals surface area (Å²) in [5.74, 6) is -2.36. The third-order valence-corrected chi connectivity index (χ3v) is 2.81. The van der Waals surface area contributed by atoms with Gasteiger partial charge in [0.2, 0.25) is 0 Å². The summed E-state index contributed by atoms with van der Waals surface area (Å²) >= 11 is 0. The summed E-state index contributed by atoms with van der Waals surface area (Å²) in [5.41, 5.74) is 0.672. The third kappa shape index (κ3) is 2.82. The number of halogens is 1. The second kappa shape index (κ2) is 5.59. The highest BCUT2D eigenvalue weighted by Crippen LogP contribution is 2.30. The molecular weight excluding hydrogens is 275 g/mol. The lowest BCUT2D eigenvalue weighted by molar-refractivity contribution is 0.0689. The summed E-state index contributed by atoms with van der Waals surface area (Å²) in [4.78, 5) is 15.3. The van der Waals surface area contributed by atoms with Gasteiger partial charge in [-0.25, -0.2) is 9.18 Å². The van der Waals surface area contributed by atoms with E-state index in [0.29, 0.717) is 11.4 Å². The molecule has 0 radical (unpaired) electrons. The van der Waals surface area contributed by atoms with Crippen molar-refractivity contribution in [2.24, 2.45) is 0 Å². The van der Waals surface area contributed by atoms with E-state index in [9.17, 15) is 9.18 Å². The van der Waals surface area contributed by atoms with E-state index in [1.807, 2.05) is 6.07 Å². The Labute approximate surface area is 120 Å². The average Bonchev–Trinajstić information content (AvgIpc) is 2.37. The Balaban J connectivity index is 2.57. The van der Waals surface area contributed by atoms with Gasteiger partial charge in [-0.2, -0.15) is 5.26 Å². The van der Waals surface area contributed by atoms with Crippen molar-refractivity contribution >= 4 is 5.97 Å². The number of carboxylic acid groups (broad SMARTS) is 1. The summed E-state index contributed by atoms with van der Waals surface area (Å²) in [6.45, 7) is 3.35. The maximum atomic E-state index is 13.6. The van der Waals surface area contributed by atoms with Crippen LogP contribution in [0.5, 0.6) is 11.5 Å². The molecule has 106 valence electrons. The fourth-order valence-electron chi connectivity index (χ4n) is 1.92. The van der Waals surface area contributed by atoms with Gasteiger partial charge in [0.25, 0.3) is 0 Å². The van der Waals surface area contributed by atoms with Gasteiger partial charge in [0.1, 0.15) is 34.5 Å². The molecule has 0 spiro atoms. The van der Waals surface area contributed by atoms with E-state index in [-0.39, 0.29) is 17.1 Å². The zero-order valence-electron chi connectivity index (χ0n) is 11.3. The van der Waals surface area contributed by atoms with Crippen LogP contribution in [0.1, 0.15) is 27.3 Å². The Morgan fingerprint density at radius 1 is 1.38 bits per heavy atom. The van der Waals surface area contributed by atoms with Crippen LogP contribution in [0, 0.1) is 31.0 Å². The van der Waals surface area contributed by atoms with Gasteiger partial charge >= 0.3 is 5.97 Å². The number of carboxylic acids is 1. The van der Waals surface area contributed by atoms with Crippen molar-refractivity contribution in [1.29, 1.82) is 5.26 Å². The number of carbonyl (C=O) groups is 1. The number of aryl methyl sites for hydroxylation is 2. The Morgan fingerprint density at radius 3 is 2.71 bits per heavy atom. The Morgan fingerprint density at radius 2 is 2.10 bits per heavy atom. The Kier molecular flexibility index (Phi) is 3.85. The second-order valence-electron chi connectivity index (χ2n) is 4.35. The molecule has 0 fully saturated rings. The first-order valence-electron chi connectivity index (χ1n) is 6.02. The van der Waals surface area contributed by atoms with E-state index in [0.717, 1.165) is 6.07 Å². The summed E-state index contributed by atoms with van der Waals surface area (Å²) in [6, 6.07) is 7.15. The molecule has 0 unspecified atom stereocenters. The van der Waals surface area contributed by atoms with Gasteiger partial charge in [0.05, 0.1) is 5.69 Å². The van der Waals surface area contributed by atoms with Gasteiger partial charge in [-0.1, -0.05) is 6.07 Å². The standard InChI is InChI=1S/C15H11FN2O3/c1-8-6-13(10(7-17)9(2)18-8)21-12-5-3-4-11(16)14(12)15(19)20/h3-6H,1-2H3,(H,19,20). The first-order valence-corrected chi connectivity index (χ1v) is 6.02. The number of hydrogen-bond acceptors (Lipinski definition) is 4. The predicted molar refractivity (Wildman–Crippen MR) is 71.9 cm³/mol. The molecule has 0 saturated heterocycles. The molecule has 0 atom stereocenters. The molecule has 0 aliphatic carbocycles. The van der Waals surface area contributed by atoms with E-state index in [1.54, 1.807) is 13.8 Å². The Bertz CT molecular complexity index is 766. The zero-order valence-corrected chi connectivity index (χ0v) is 11.3. The molecule has 1 aromatic carbocycles. The van der Waals surface area contributed by atoms with Crippen LogP contribution in [0.25, 0.3) is 0 Å². The number of aromatic nitrogens is 1. The van der Waals surface area contributed by atoms with Crippen molar-refractivity contribution in [3.63, 3.8) is 0 Å². The number of pyridine rings is 1. The summed E-state index contributed by atoms with van der Waals surface area (Å²) < 4.78 is 19.1. The smallest absolute Gasteiger partial charge is 0.342 e. The molecular formula is C15H11FN2O3. The van der Waals surface area contributed by atoms with Crippen molar-refractivity contribution in [2.75, 3.05) is 0 Å². The average molecular weight is 286 g/mol. The van der Waals surface area contributed by atoms with Gasteiger partial charge in [-0.05, 0) is 26.0 Å². The van der Waals surface area contributed by atoms with Crippen LogP contribution in [0.3, 0.4) is 0 Å². The number of hydrogen-bond donors (Lipinski definition) is 1.